The number of nitrogens with zero attached hydrogens (tertiary/aromatic N) is 1. The van der Waals surface area contributed by atoms with Crippen LogP contribution in [0, 0.1) is 11.3 Å². The number of fused-ring (bicyclic) bond motifs is 1. The van der Waals surface area contributed by atoms with Crippen LogP contribution in [0.3, 0.4) is 0 Å². The standard InChI is InChI=1S/C12H14N2.ClH/c1-12(2)8-14-7-10-9(6-13)4-3-5-11(10)12;/h3-5,14H,7-8H2,1-2H3;1H. The van der Waals surface area contributed by atoms with E-state index in [1.165, 1.54) is 11.1 Å². The molecule has 0 aromatic heterocycles. The summed E-state index contributed by atoms with van der Waals surface area (Å²) in [6.07, 6.45) is 0. The molecule has 0 saturated heterocycles. The Morgan fingerprint density at radius 1 is 1.40 bits per heavy atom. The van der Waals surface area contributed by atoms with E-state index in [9.17, 15) is 0 Å². The average molecular weight is 223 g/mol. The predicted molar refractivity (Wildman–Crippen MR) is 63.1 cm³/mol. The average Bonchev–Trinajstić information content (AvgIpc) is 2.17. The first-order valence-corrected chi connectivity index (χ1v) is 4.88. The van der Waals surface area contributed by atoms with E-state index in [0.29, 0.717) is 0 Å². The molecule has 1 aromatic carbocycles. The van der Waals surface area contributed by atoms with Crippen molar-refractivity contribution >= 4 is 12.4 Å². The SMILES string of the molecule is CC1(C)CNCc2c(C#N)cccc21.Cl. The highest BCUT2D eigenvalue weighted by Gasteiger charge is 2.28. The van der Waals surface area contributed by atoms with Crippen molar-refractivity contribution in [1.29, 1.82) is 5.26 Å². The van der Waals surface area contributed by atoms with E-state index in [4.69, 9.17) is 5.26 Å². The molecule has 3 heteroatoms. The number of nitriles is 1. The zero-order valence-electron chi connectivity index (χ0n) is 9.00. The highest BCUT2D eigenvalue weighted by Crippen LogP contribution is 2.30. The van der Waals surface area contributed by atoms with Gasteiger partial charge in [0.25, 0.3) is 0 Å². The van der Waals surface area contributed by atoms with Gasteiger partial charge in [-0.25, -0.2) is 0 Å². The molecular formula is C12H15ClN2. The number of nitrogens with one attached hydrogen (secondary N) is 1. The Morgan fingerprint density at radius 3 is 2.80 bits per heavy atom. The van der Waals surface area contributed by atoms with Crippen molar-refractivity contribution in [2.45, 2.75) is 25.8 Å². The van der Waals surface area contributed by atoms with E-state index in [0.717, 1.165) is 18.7 Å². The molecule has 1 aromatic rings. The van der Waals surface area contributed by atoms with Crippen molar-refractivity contribution in [2.24, 2.45) is 0 Å². The van der Waals surface area contributed by atoms with Gasteiger partial charge in [-0.15, -0.1) is 12.4 Å². The summed E-state index contributed by atoms with van der Waals surface area (Å²) in [5.41, 5.74) is 3.44. The molecular weight excluding hydrogens is 208 g/mol. The van der Waals surface area contributed by atoms with Crippen LogP contribution >= 0.6 is 12.4 Å². The third-order valence-electron chi connectivity index (χ3n) is 2.89. The lowest BCUT2D eigenvalue weighted by molar-refractivity contribution is 0.434. The second-order valence-electron chi connectivity index (χ2n) is 4.43. The number of rotatable bonds is 0. The molecule has 2 rings (SSSR count). The molecule has 0 radical (unpaired) electrons. The van der Waals surface area contributed by atoms with Crippen LogP contribution in [-0.4, -0.2) is 6.54 Å². The van der Waals surface area contributed by atoms with Crippen molar-refractivity contribution in [3.63, 3.8) is 0 Å². The smallest absolute Gasteiger partial charge is 0.0995 e. The Labute approximate surface area is 96.7 Å². The lowest BCUT2D eigenvalue weighted by Gasteiger charge is -2.33. The summed E-state index contributed by atoms with van der Waals surface area (Å²) in [5, 5.41) is 12.3. The van der Waals surface area contributed by atoms with Crippen LogP contribution in [0.4, 0.5) is 0 Å². The van der Waals surface area contributed by atoms with Crippen molar-refractivity contribution in [3.8, 4) is 6.07 Å². The van der Waals surface area contributed by atoms with Crippen molar-refractivity contribution in [1.82, 2.24) is 5.32 Å². The molecule has 1 aliphatic heterocycles. The van der Waals surface area contributed by atoms with Crippen molar-refractivity contribution < 1.29 is 0 Å². The van der Waals surface area contributed by atoms with Gasteiger partial charge in [-0.1, -0.05) is 26.0 Å². The van der Waals surface area contributed by atoms with Crippen LogP contribution in [0.15, 0.2) is 18.2 Å². The quantitative estimate of drug-likeness (QED) is 0.732. The van der Waals surface area contributed by atoms with Crippen LogP contribution in [0.1, 0.15) is 30.5 Å². The first-order valence-electron chi connectivity index (χ1n) is 4.88. The molecule has 1 heterocycles. The second-order valence-corrected chi connectivity index (χ2v) is 4.43. The lowest BCUT2D eigenvalue weighted by atomic mass is 9.78. The zero-order chi connectivity index (χ0) is 10.2. The molecule has 0 fully saturated rings. The minimum absolute atomic E-state index is 0. The number of hydrogen-bond donors (Lipinski definition) is 1. The fourth-order valence-electron chi connectivity index (χ4n) is 2.11. The lowest BCUT2D eigenvalue weighted by Crippen LogP contribution is -2.39. The van der Waals surface area contributed by atoms with Crippen molar-refractivity contribution in [3.05, 3.63) is 34.9 Å². The summed E-state index contributed by atoms with van der Waals surface area (Å²) in [4.78, 5) is 0. The first kappa shape index (κ1) is 12.0. The van der Waals surface area contributed by atoms with E-state index in [1.807, 2.05) is 12.1 Å². The van der Waals surface area contributed by atoms with E-state index in [-0.39, 0.29) is 17.8 Å². The largest absolute Gasteiger partial charge is 0.312 e. The first-order chi connectivity index (χ1) is 6.65. The summed E-state index contributed by atoms with van der Waals surface area (Å²) >= 11 is 0. The summed E-state index contributed by atoms with van der Waals surface area (Å²) in [5.74, 6) is 0. The Hall–Kier alpha value is -1.04. The maximum Gasteiger partial charge on any atom is 0.0995 e. The third kappa shape index (κ3) is 1.99. The summed E-state index contributed by atoms with van der Waals surface area (Å²) in [6, 6.07) is 8.26. The molecule has 2 nitrogen and oxygen atoms in total. The van der Waals surface area contributed by atoms with Gasteiger partial charge < -0.3 is 5.32 Å². The number of benzene rings is 1. The van der Waals surface area contributed by atoms with Crippen LogP contribution in [0.25, 0.3) is 0 Å². The Bertz CT molecular complexity index is 405. The van der Waals surface area contributed by atoms with Crippen molar-refractivity contribution in [2.75, 3.05) is 6.54 Å². The van der Waals surface area contributed by atoms with E-state index >= 15 is 0 Å². The third-order valence-corrected chi connectivity index (χ3v) is 2.89. The van der Waals surface area contributed by atoms with Gasteiger partial charge in [0.05, 0.1) is 11.6 Å². The van der Waals surface area contributed by atoms with Gasteiger partial charge in [-0.3, -0.25) is 0 Å². The molecule has 0 atom stereocenters. The molecule has 0 bridgehead atoms. The topological polar surface area (TPSA) is 35.8 Å². The summed E-state index contributed by atoms with van der Waals surface area (Å²) in [7, 11) is 0. The highest BCUT2D eigenvalue weighted by molar-refractivity contribution is 5.85. The van der Waals surface area contributed by atoms with Gasteiger partial charge in [0.2, 0.25) is 0 Å². The molecule has 1 aliphatic rings. The minimum Gasteiger partial charge on any atom is -0.312 e. The van der Waals surface area contributed by atoms with Gasteiger partial charge in [-0.2, -0.15) is 5.26 Å². The maximum absolute atomic E-state index is 8.99. The Kier molecular flexibility index (Phi) is 3.38. The minimum atomic E-state index is 0. The van der Waals surface area contributed by atoms with E-state index in [2.05, 4.69) is 31.3 Å². The monoisotopic (exact) mass is 222 g/mol. The second kappa shape index (κ2) is 4.22. The van der Waals surface area contributed by atoms with Gasteiger partial charge in [0.1, 0.15) is 0 Å². The predicted octanol–water partition coefficient (Wildman–Crippen LogP) is 2.36. The van der Waals surface area contributed by atoms with Gasteiger partial charge >= 0.3 is 0 Å². The Morgan fingerprint density at radius 2 is 2.13 bits per heavy atom. The highest BCUT2D eigenvalue weighted by atomic mass is 35.5. The fraction of sp³-hybridized carbons (Fsp3) is 0.417. The molecule has 0 spiro atoms. The molecule has 0 aliphatic carbocycles. The molecule has 80 valence electrons. The van der Waals surface area contributed by atoms with Crippen LogP contribution < -0.4 is 5.32 Å². The number of halogens is 1. The van der Waals surface area contributed by atoms with Crippen LogP contribution in [-0.2, 0) is 12.0 Å². The fourth-order valence-corrected chi connectivity index (χ4v) is 2.11. The van der Waals surface area contributed by atoms with Gasteiger partial charge in [0.15, 0.2) is 0 Å². The van der Waals surface area contributed by atoms with Gasteiger partial charge in [-0.05, 0) is 17.2 Å². The molecule has 0 amide bonds. The van der Waals surface area contributed by atoms with Crippen LogP contribution in [0.2, 0.25) is 0 Å². The Balaban J connectivity index is 0.00000112. The molecule has 1 N–H and O–H groups in total. The van der Waals surface area contributed by atoms with E-state index in [1.54, 1.807) is 0 Å². The van der Waals surface area contributed by atoms with Crippen LogP contribution in [0.5, 0.6) is 0 Å². The van der Waals surface area contributed by atoms with Gasteiger partial charge in [0, 0.05) is 18.5 Å². The summed E-state index contributed by atoms with van der Waals surface area (Å²) in [6.45, 7) is 6.22. The molecule has 0 unspecified atom stereocenters. The molecule has 15 heavy (non-hydrogen) atoms. The number of hydrogen-bond acceptors (Lipinski definition) is 2. The maximum atomic E-state index is 8.99. The summed E-state index contributed by atoms with van der Waals surface area (Å²) < 4.78 is 0. The van der Waals surface area contributed by atoms with E-state index < -0.39 is 0 Å². The zero-order valence-corrected chi connectivity index (χ0v) is 9.82. The normalized spacial score (nSPS) is 17.1. The molecule has 0 saturated carbocycles.